The van der Waals surface area contributed by atoms with Crippen molar-refractivity contribution >= 4 is 22.4 Å². The molecule has 0 fully saturated rings. The molecule has 19 heavy (non-hydrogen) atoms. The SMILES string of the molecule is CCC(CC)N(CCOC)c1nc(C(=O)OC)cs1. The number of carbonyl (C=O) groups excluding carboxylic acids is 1. The van der Waals surface area contributed by atoms with Crippen LogP contribution in [0, 0.1) is 0 Å². The number of carbonyl (C=O) groups is 1. The summed E-state index contributed by atoms with van der Waals surface area (Å²) >= 11 is 1.47. The molecule has 1 heterocycles. The molecule has 1 aromatic rings. The second kappa shape index (κ2) is 8.12. The van der Waals surface area contributed by atoms with E-state index in [1.807, 2.05) is 0 Å². The topological polar surface area (TPSA) is 51.7 Å². The Balaban J connectivity index is 2.89. The first-order chi connectivity index (χ1) is 9.17. The van der Waals surface area contributed by atoms with Crippen LogP contribution in [0.1, 0.15) is 37.2 Å². The van der Waals surface area contributed by atoms with Gasteiger partial charge in [0.2, 0.25) is 0 Å². The number of rotatable bonds is 8. The average molecular weight is 286 g/mol. The number of ether oxygens (including phenoxy) is 2. The van der Waals surface area contributed by atoms with E-state index in [0.29, 0.717) is 18.3 Å². The zero-order valence-corrected chi connectivity index (χ0v) is 12.8. The van der Waals surface area contributed by atoms with Crippen LogP contribution >= 0.6 is 11.3 Å². The van der Waals surface area contributed by atoms with Crippen molar-refractivity contribution in [3.63, 3.8) is 0 Å². The van der Waals surface area contributed by atoms with E-state index in [1.165, 1.54) is 18.4 Å². The third kappa shape index (κ3) is 4.18. The third-order valence-corrected chi connectivity index (χ3v) is 3.93. The van der Waals surface area contributed by atoms with Gasteiger partial charge in [-0.05, 0) is 12.8 Å². The number of anilines is 1. The van der Waals surface area contributed by atoms with Gasteiger partial charge in [0.25, 0.3) is 0 Å². The maximum Gasteiger partial charge on any atom is 0.357 e. The number of hydrogen-bond acceptors (Lipinski definition) is 6. The highest BCUT2D eigenvalue weighted by Crippen LogP contribution is 2.25. The predicted molar refractivity (Wildman–Crippen MR) is 77.0 cm³/mol. The molecular weight excluding hydrogens is 264 g/mol. The molecule has 0 spiro atoms. The molecule has 0 N–H and O–H groups in total. The summed E-state index contributed by atoms with van der Waals surface area (Å²) in [5.41, 5.74) is 0.371. The van der Waals surface area contributed by atoms with E-state index >= 15 is 0 Å². The van der Waals surface area contributed by atoms with Crippen LogP contribution in [0.25, 0.3) is 0 Å². The molecule has 0 aliphatic heterocycles. The summed E-state index contributed by atoms with van der Waals surface area (Å²) in [5, 5.41) is 2.59. The van der Waals surface area contributed by atoms with Gasteiger partial charge in [-0.2, -0.15) is 0 Å². The Kier molecular flexibility index (Phi) is 6.80. The Bertz CT molecular complexity index is 391. The van der Waals surface area contributed by atoms with Gasteiger partial charge >= 0.3 is 5.97 Å². The fourth-order valence-corrected chi connectivity index (χ4v) is 2.84. The number of hydrogen-bond donors (Lipinski definition) is 0. The quantitative estimate of drug-likeness (QED) is 0.687. The maximum absolute atomic E-state index is 11.5. The lowest BCUT2D eigenvalue weighted by molar-refractivity contribution is 0.0595. The normalized spacial score (nSPS) is 10.8. The van der Waals surface area contributed by atoms with Crippen LogP contribution in [0.3, 0.4) is 0 Å². The Hall–Kier alpha value is -1.14. The van der Waals surface area contributed by atoms with Crippen LogP contribution in [-0.4, -0.2) is 44.4 Å². The molecule has 0 radical (unpaired) electrons. The standard InChI is InChI=1S/C13H22N2O3S/c1-5-10(6-2)15(7-8-17-3)13-14-11(9-19-13)12(16)18-4/h9-10H,5-8H2,1-4H3. The highest BCUT2D eigenvalue weighted by atomic mass is 32.1. The summed E-state index contributed by atoms with van der Waals surface area (Å²) < 4.78 is 9.84. The van der Waals surface area contributed by atoms with Crippen LogP contribution in [0.15, 0.2) is 5.38 Å². The van der Waals surface area contributed by atoms with Crippen molar-refractivity contribution in [2.75, 3.05) is 32.3 Å². The van der Waals surface area contributed by atoms with E-state index in [0.717, 1.165) is 24.5 Å². The summed E-state index contributed by atoms with van der Waals surface area (Å²) in [6, 6.07) is 0.409. The van der Waals surface area contributed by atoms with Gasteiger partial charge in [0.1, 0.15) is 0 Å². The van der Waals surface area contributed by atoms with E-state index in [-0.39, 0.29) is 0 Å². The molecular formula is C13H22N2O3S. The van der Waals surface area contributed by atoms with Gasteiger partial charge in [-0.25, -0.2) is 9.78 Å². The molecule has 1 aromatic heterocycles. The fraction of sp³-hybridized carbons (Fsp3) is 0.692. The zero-order valence-electron chi connectivity index (χ0n) is 12.0. The minimum Gasteiger partial charge on any atom is -0.464 e. The number of esters is 1. The van der Waals surface area contributed by atoms with Crippen LogP contribution in [-0.2, 0) is 9.47 Å². The van der Waals surface area contributed by atoms with Crippen molar-refractivity contribution < 1.29 is 14.3 Å². The molecule has 0 atom stereocenters. The minimum atomic E-state index is -0.390. The molecule has 0 aliphatic rings. The van der Waals surface area contributed by atoms with Gasteiger partial charge in [-0.3, -0.25) is 0 Å². The van der Waals surface area contributed by atoms with Crippen molar-refractivity contribution in [2.45, 2.75) is 32.7 Å². The van der Waals surface area contributed by atoms with Crippen LogP contribution in [0.2, 0.25) is 0 Å². The first-order valence-corrected chi connectivity index (χ1v) is 7.35. The number of aromatic nitrogens is 1. The van der Waals surface area contributed by atoms with Crippen molar-refractivity contribution in [3.05, 3.63) is 11.1 Å². The number of methoxy groups -OCH3 is 2. The van der Waals surface area contributed by atoms with Gasteiger partial charge in [0, 0.05) is 25.1 Å². The molecule has 1 rings (SSSR count). The van der Waals surface area contributed by atoms with E-state index in [4.69, 9.17) is 4.74 Å². The second-order valence-electron chi connectivity index (χ2n) is 4.16. The van der Waals surface area contributed by atoms with Crippen molar-refractivity contribution in [3.8, 4) is 0 Å². The Morgan fingerprint density at radius 1 is 1.42 bits per heavy atom. The zero-order chi connectivity index (χ0) is 14.3. The lowest BCUT2D eigenvalue weighted by Gasteiger charge is -2.29. The summed E-state index contributed by atoms with van der Waals surface area (Å²) in [7, 11) is 3.05. The van der Waals surface area contributed by atoms with Gasteiger partial charge < -0.3 is 14.4 Å². The summed E-state index contributed by atoms with van der Waals surface area (Å²) in [5.74, 6) is -0.390. The first kappa shape index (κ1) is 15.9. The fourth-order valence-electron chi connectivity index (χ4n) is 1.95. The molecule has 5 nitrogen and oxygen atoms in total. The van der Waals surface area contributed by atoms with E-state index in [9.17, 15) is 4.79 Å². The Labute approximate surface area is 118 Å². The molecule has 0 saturated heterocycles. The van der Waals surface area contributed by atoms with Gasteiger partial charge in [0.15, 0.2) is 10.8 Å². The monoisotopic (exact) mass is 286 g/mol. The van der Waals surface area contributed by atoms with Gasteiger partial charge in [0.05, 0.1) is 13.7 Å². The largest absolute Gasteiger partial charge is 0.464 e. The minimum absolute atomic E-state index is 0.371. The number of nitrogens with zero attached hydrogens (tertiary/aromatic N) is 2. The van der Waals surface area contributed by atoms with Crippen LogP contribution < -0.4 is 4.90 Å². The van der Waals surface area contributed by atoms with Crippen LogP contribution in [0.4, 0.5) is 5.13 Å². The number of thiazole rings is 1. The van der Waals surface area contributed by atoms with E-state index < -0.39 is 5.97 Å². The summed E-state index contributed by atoms with van der Waals surface area (Å²) in [6.45, 7) is 5.73. The van der Waals surface area contributed by atoms with Crippen LogP contribution in [0.5, 0.6) is 0 Å². The maximum atomic E-state index is 11.5. The van der Waals surface area contributed by atoms with Crippen molar-refractivity contribution in [2.24, 2.45) is 0 Å². The molecule has 0 amide bonds. The average Bonchev–Trinajstić information content (AvgIpc) is 2.92. The van der Waals surface area contributed by atoms with Crippen molar-refractivity contribution in [1.82, 2.24) is 4.98 Å². The van der Waals surface area contributed by atoms with Crippen molar-refractivity contribution in [1.29, 1.82) is 0 Å². The molecule has 0 bridgehead atoms. The highest BCUT2D eigenvalue weighted by Gasteiger charge is 2.20. The smallest absolute Gasteiger partial charge is 0.357 e. The lowest BCUT2D eigenvalue weighted by atomic mass is 10.1. The Morgan fingerprint density at radius 3 is 2.63 bits per heavy atom. The summed E-state index contributed by atoms with van der Waals surface area (Å²) in [6.07, 6.45) is 2.07. The lowest BCUT2D eigenvalue weighted by Crippen LogP contribution is -2.37. The second-order valence-corrected chi connectivity index (χ2v) is 5.00. The summed E-state index contributed by atoms with van der Waals surface area (Å²) in [4.78, 5) is 18.0. The third-order valence-electron chi connectivity index (χ3n) is 3.05. The Morgan fingerprint density at radius 2 is 2.11 bits per heavy atom. The first-order valence-electron chi connectivity index (χ1n) is 6.47. The highest BCUT2D eigenvalue weighted by molar-refractivity contribution is 7.13. The van der Waals surface area contributed by atoms with E-state index in [1.54, 1.807) is 12.5 Å². The molecule has 108 valence electrons. The molecule has 0 aliphatic carbocycles. The molecule has 0 unspecified atom stereocenters. The van der Waals surface area contributed by atoms with Gasteiger partial charge in [-0.1, -0.05) is 13.8 Å². The molecule has 6 heteroatoms. The van der Waals surface area contributed by atoms with E-state index in [2.05, 4.69) is 28.5 Å². The molecule has 0 aromatic carbocycles. The predicted octanol–water partition coefficient (Wildman–Crippen LogP) is 2.57. The van der Waals surface area contributed by atoms with Gasteiger partial charge in [-0.15, -0.1) is 11.3 Å². The molecule has 0 saturated carbocycles.